The number of nitrogens with one attached hydrogen (secondary N) is 1. The van der Waals surface area contributed by atoms with Crippen LogP contribution in [0.3, 0.4) is 0 Å². The van der Waals surface area contributed by atoms with E-state index in [2.05, 4.69) is 10.3 Å². The molecule has 1 amide bonds. The van der Waals surface area contributed by atoms with Gasteiger partial charge in [-0.1, -0.05) is 19.3 Å². The smallest absolute Gasteiger partial charge is 0.320 e. The van der Waals surface area contributed by atoms with Crippen molar-refractivity contribution in [3.05, 3.63) is 29.6 Å². The lowest BCUT2D eigenvalue weighted by atomic mass is 9.77. The molecule has 4 N–H and O–H groups in total. The Kier molecular flexibility index (Phi) is 5.13. The fourth-order valence-electron chi connectivity index (χ4n) is 3.12. The first-order valence-corrected chi connectivity index (χ1v) is 7.65. The highest BCUT2D eigenvalue weighted by Gasteiger charge is 2.37. The number of carboxylic acids is 1. The van der Waals surface area contributed by atoms with Crippen LogP contribution in [0, 0.1) is 6.92 Å². The van der Waals surface area contributed by atoms with Crippen LogP contribution >= 0.6 is 0 Å². The minimum absolute atomic E-state index is 0.190. The summed E-state index contributed by atoms with van der Waals surface area (Å²) < 4.78 is 0. The summed E-state index contributed by atoms with van der Waals surface area (Å²) in [6, 6.07) is 2.43. The molecule has 0 aromatic carbocycles. The largest absolute Gasteiger partial charge is 0.480 e. The van der Waals surface area contributed by atoms with Gasteiger partial charge in [0, 0.05) is 23.0 Å². The minimum atomic E-state index is -1.03. The van der Waals surface area contributed by atoms with Crippen LogP contribution in [0.1, 0.15) is 54.6 Å². The predicted molar refractivity (Wildman–Crippen MR) is 82.5 cm³/mol. The van der Waals surface area contributed by atoms with Gasteiger partial charge in [0.2, 0.25) is 0 Å². The Morgan fingerprint density at radius 2 is 2.09 bits per heavy atom. The van der Waals surface area contributed by atoms with Gasteiger partial charge >= 0.3 is 5.97 Å². The summed E-state index contributed by atoms with van der Waals surface area (Å²) in [5.41, 5.74) is 6.50. The SMILES string of the molecule is Cc1cc(C(=O)NC2(C[C@H](N)C(=O)O)CCCCC2)ccn1. The molecule has 2 rings (SSSR count). The van der Waals surface area contributed by atoms with Gasteiger partial charge in [-0.3, -0.25) is 14.6 Å². The third-order valence-electron chi connectivity index (χ3n) is 4.28. The monoisotopic (exact) mass is 305 g/mol. The van der Waals surface area contributed by atoms with Crippen molar-refractivity contribution in [1.82, 2.24) is 10.3 Å². The van der Waals surface area contributed by atoms with Crippen molar-refractivity contribution in [2.24, 2.45) is 5.73 Å². The van der Waals surface area contributed by atoms with E-state index < -0.39 is 17.6 Å². The van der Waals surface area contributed by atoms with Gasteiger partial charge in [-0.15, -0.1) is 0 Å². The van der Waals surface area contributed by atoms with Gasteiger partial charge in [0.05, 0.1) is 0 Å². The van der Waals surface area contributed by atoms with Gasteiger partial charge in [-0.25, -0.2) is 0 Å². The number of aromatic nitrogens is 1. The van der Waals surface area contributed by atoms with Crippen molar-refractivity contribution < 1.29 is 14.7 Å². The second-order valence-corrected chi connectivity index (χ2v) is 6.13. The van der Waals surface area contributed by atoms with E-state index in [0.717, 1.165) is 37.8 Å². The van der Waals surface area contributed by atoms with Crippen LogP contribution in [-0.2, 0) is 4.79 Å². The van der Waals surface area contributed by atoms with Crippen LogP contribution in [0.2, 0.25) is 0 Å². The van der Waals surface area contributed by atoms with Crippen LogP contribution in [0.5, 0.6) is 0 Å². The Morgan fingerprint density at radius 1 is 1.41 bits per heavy atom. The number of carbonyl (C=O) groups excluding carboxylic acids is 1. The van der Waals surface area contributed by atoms with Crippen molar-refractivity contribution in [2.45, 2.75) is 57.0 Å². The number of nitrogens with two attached hydrogens (primary N) is 1. The third kappa shape index (κ3) is 4.04. The van der Waals surface area contributed by atoms with Gasteiger partial charge in [0.1, 0.15) is 6.04 Å². The first-order chi connectivity index (χ1) is 10.4. The Bertz CT molecular complexity index is 553. The molecule has 6 heteroatoms. The molecule has 1 atom stereocenters. The van der Waals surface area contributed by atoms with Crippen LogP contribution in [-0.4, -0.2) is 33.5 Å². The Labute approximate surface area is 130 Å². The van der Waals surface area contributed by atoms with E-state index >= 15 is 0 Å². The van der Waals surface area contributed by atoms with E-state index in [0.29, 0.717) is 5.56 Å². The Balaban J connectivity index is 2.15. The minimum Gasteiger partial charge on any atom is -0.480 e. The highest BCUT2D eigenvalue weighted by Crippen LogP contribution is 2.32. The van der Waals surface area contributed by atoms with Gasteiger partial charge in [0.25, 0.3) is 5.91 Å². The molecule has 1 aromatic heterocycles. The Morgan fingerprint density at radius 3 is 2.68 bits per heavy atom. The zero-order valence-electron chi connectivity index (χ0n) is 12.8. The fourth-order valence-corrected chi connectivity index (χ4v) is 3.12. The number of aliphatic carboxylic acids is 1. The molecule has 120 valence electrons. The van der Waals surface area contributed by atoms with E-state index in [9.17, 15) is 9.59 Å². The van der Waals surface area contributed by atoms with Gasteiger partial charge in [-0.05, 0) is 38.3 Å². The van der Waals surface area contributed by atoms with E-state index in [-0.39, 0.29) is 12.3 Å². The second kappa shape index (κ2) is 6.87. The number of pyridine rings is 1. The molecule has 6 nitrogen and oxygen atoms in total. The maximum absolute atomic E-state index is 12.5. The van der Waals surface area contributed by atoms with Crippen molar-refractivity contribution in [3.63, 3.8) is 0 Å². The highest BCUT2D eigenvalue weighted by atomic mass is 16.4. The van der Waals surface area contributed by atoms with E-state index in [1.165, 1.54) is 0 Å². The van der Waals surface area contributed by atoms with E-state index in [4.69, 9.17) is 10.8 Å². The molecular weight excluding hydrogens is 282 g/mol. The molecule has 1 aliphatic rings. The quantitative estimate of drug-likeness (QED) is 0.766. The molecule has 1 fully saturated rings. The molecule has 0 bridgehead atoms. The van der Waals surface area contributed by atoms with Crippen molar-refractivity contribution >= 4 is 11.9 Å². The van der Waals surface area contributed by atoms with Crippen LogP contribution in [0.15, 0.2) is 18.3 Å². The topological polar surface area (TPSA) is 105 Å². The van der Waals surface area contributed by atoms with Gasteiger partial charge < -0.3 is 16.2 Å². The third-order valence-corrected chi connectivity index (χ3v) is 4.28. The lowest BCUT2D eigenvalue weighted by Gasteiger charge is -2.39. The van der Waals surface area contributed by atoms with Crippen molar-refractivity contribution in [1.29, 1.82) is 0 Å². The van der Waals surface area contributed by atoms with Crippen molar-refractivity contribution in [3.8, 4) is 0 Å². The zero-order chi connectivity index (χ0) is 16.2. The first-order valence-electron chi connectivity index (χ1n) is 7.65. The first kappa shape index (κ1) is 16.4. The lowest BCUT2D eigenvalue weighted by molar-refractivity contribution is -0.139. The summed E-state index contributed by atoms with van der Waals surface area (Å²) in [6.45, 7) is 1.83. The molecule has 0 spiro atoms. The predicted octanol–water partition coefficient (Wildman–Crippen LogP) is 1.62. The molecule has 22 heavy (non-hydrogen) atoms. The van der Waals surface area contributed by atoms with Crippen LogP contribution in [0.4, 0.5) is 0 Å². The lowest BCUT2D eigenvalue weighted by Crippen LogP contribution is -2.54. The number of carbonyl (C=O) groups is 2. The molecule has 1 saturated carbocycles. The van der Waals surface area contributed by atoms with Gasteiger partial charge in [-0.2, -0.15) is 0 Å². The van der Waals surface area contributed by atoms with Crippen LogP contribution in [0.25, 0.3) is 0 Å². The number of nitrogens with zero attached hydrogens (tertiary/aromatic N) is 1. The number of aryl methyl sites for hydroxylation is 1. The summed E-state index contributed by atoms with van der Waals surface area (Å²) in [5, 5.41) is 12.1. The molecule has 0 saturated heterocycles. The Hall–Kier alpha value is -1.95. The number of carboxylic acid groups (broad SMARTS) is 1. The molecule has 1 aliphatic carbocycles. The zero-order valence-corrected chi connectivity index (χ0v) is 12.8. The van der Waals surface area contributed by atoms with Crippen LogP contribution < -0.4 is 11.1 Å². The summed E-state index contributed by atoms with van der Waals surface area (Å²) in [7, 11) is 0. The standard InChI is InChI=1S/C16H23N3O3/c1-11-9-12(5-8-18-11)14(20)19-16(6-3-2-4-7-16)10-13(17)15(21)22/h5,8-9,13H,2-4,6-7,10,17H2,1H3,(H,19,20)(H,21,22)/t13-/m0/s1. The number of hydrogen-bond donors (Lipinski definition) is 3. The molecule has 0 aliphatic heterocycles. The highest BCUT2D eigenvalue weighted by molar-refractivity contribution is 5.94. The summed E-state index contributed by atoms with van der Waals surface area (Å²) >= 11 is 0. The second-order valence-electron chi connectivity index (χ2n) is 6.13. The number of rotatable bonds is 5. The fraction of sp³-hybridized carbons (Fsp3) is 0.562. The maximum atomic E-state index is 12.5. The molecule has 1 aromatic rings. The van der Waals surface area contributed by atoms with E-state index in [1.807, 2.05) is 6.92 Å². The molecular formula is C16H23N3O3. The molecule has 1 heterocycles. The normalized spacial score (nSPS) is 18.5. The van der Waals surface area contributed by atoms with Gasteiger partial charge in [0.15, 0.2) is 0 Å². The molecule has 0 radical (unpaired) electrons. The summed E-state index contributed by atoms with van der Waals surface area (Å²) in [6.07, 6.45) is 6.45. The average molecular weight is 305 g/mol. The number of hydrogen-bond acceptors (Lipinski definition) is 4. The molecule has 0 unspecified atom stereocenters. The van der Waals surface area contributed by atoms with Crippen molar-refractivity contribution in [2.75, 3.05) is 0 Å². The average Bonchev–Trinajstić information content (AvgIpc) is 2.47. The van der Waals surface area contributed by atoms with E-state index in [1.54, 1.807) is 18.3 Å². The maximum Gasteiger partial charge on any atom is 0.320 e. The number of amides is 1. The summed E-state index contributed by atoms with van der Waals surface area (Å²) in [5.74, 6) is -1.22. The summed E-state index contributed by atoms with van der Waals surface area (Å²) in [4.78, 5) is 27.6.